The summed E-state index contributed by atoms with van der Waals surface area (Å²) in [5.41, 5.74) is 5.07. The first-order chi connectivity index (χ1) is 19.1. The third-order valence-electron chi connectivity index (χ3n) is 5.47. The number of amides is 2. The number of benzene rings is 3. The van der Waals surface area contributed by atoms with E-state index in [4.69, 9.17) is 18.9 Å². The van der Waals surface area contributed by atoms with E-state index >= 15 is 0 Å². The van der Waals surface area contributed by atoms with Crippen LogP contribution in [0.5, 0.6) is 11.5 Å². The standard InChI is InChI=1S/C28H26N2O10/c1-16-10-12-17(13-11-16)24(31)29-30-25(32)22(39-27(35)18-6-4-8-20(14-18)37-2)23(26(33)34)40-28(36)19-7-5-9-21(15-19)38-3/h4-15,22-23H,1-3H3,(H,29,31)(H,30,32)(H,33,34)/t22-,23+/m1/s1. The van der Waals surface area contributed by atoms with Crippen molar-refractivity contribution in [2.75, 3.05) is 14.2 Å². The summed E-state index contributed by atoms with van der Waals surface area (Å²) in [5.74, 6) is -5.47. The van der Waals surface area contributed by atoms with E-state index in [-0.39, 0.29) is 16.7 Å². The van der Waals surface area contributed by atoms with Crippen molar-refractivity contribution in [2.24, 2.45) is 0 Å². The molecule has 3 N–H and O–H groups in total. The molecule has 0 aliphatic carbocycles. The molecule has 208 valence electrons. The molecule has 0 aliphatic rings. The van der Waals surface area contributed by atoms with Crippen LogP contribution < -0.4 is 20.3 Å². The molecule has 12 heteroatoms. The fourth-order valence-electron chi connectivity index (χ4n) is 3.33. The summed E-state index contributed by atoms with van der Waals surface area (Å²) in [6.07, 6.45) is -4.52. The van der Waals surface area contributed by atoms with Crippen LogP contribution in [-0.4, -0.2) is 61.3 Å². The zero-order valence-corrected chi connectivity index (χ0v) is 21.7. The number of hydrogen-bond donors (Lipinski definition) is 3. The minimum Gasteiger partial charge on any atom is -0.497 e. The van der Waals surface area contributed by atoms with Gasteiger partial charge < -0.3 is 24.1 Å². The molecule has 0 radical (unpaired) electrons. The van der Waals surface area contributed by atoms with Gasteiger partial charge in [0.05, 0.1) is 25.3 Å². The van der Waals surface area contributed by atoms with E-state index in [1.54, 1.807) is 24.3 Å². The number of nitrogens with one attached hydrogen (secondary N) is 2. The van der Waals surface area contributed by atoms with Gasteiger partial charge in [-0.2, -0.15) is 0 Å². The second-order valence-corrected chi connectivity index (χ2v) is 8.26. The van der Waals surface area contributed by atoms with Crippen LogP contribution >= 0.6 is 0 Å². The molecule has 0 saturated heterocycles. The number of esters is 2. The molecule has 0 unspecified atom stereocenters. The molecule has 40 heavy (non-hydrogen) atoms. The number of rotatable bonds is 10. The molecule has 2 atom stereocenters. The van der Waals surface area contributed by atoms with E-state index in [0.717, 1.165) is 5.56 Å². The maximum absolute atomic E-state index is 13.1. The maximum Gasteiger partial charge on any atom is 0.349 e. The van der Waals surface area contributed by atoms with Crippen LogP contribution in [0.2, 0.25) is 0 Å². The largest absolute Gasteiger partial charge is 0.497 e. The lowest BCUT2D eigenvalue weighted by atomic mass is 10.1. The summed E-state index contributed by atoms with van der Waals surface area (Å²) in [4.78, 5) is 63.4. The van der Waals surface area contributed by atoms with Gasteiger partial charge in [0.15, 0.2) is 0 Å². The minimum absolute atomic E-state index is 0.0795. The molecule has 2 amide bonds. The monoisotopic (exact) mass is 550 g/mol. The molecular formula is C28H26N2O10. The van der Waals surface area contributed by atoms with Crippen LogP contribution in [0.3, 0.4) is 0 Å². The molecule has 3 aromatic rings. The highest BCUT2D eigenvalue weighted by Gasteiger charge is 2.41. The van der Waals surface area contributed by atoms with Gasteiger partial charge in [0.25, 0.3) is 11.8 Å². The zero-order valence-electron chi connectivity index (χ0n) is 21.7. The smallest absolute Gasteiger partial charge is 0.349 e. The van der Waals surface area contributed by atoms with Crippen molar-refractivity contribution in [1.29, 1.82) is 0 Å². The lowest BCUT2D eigenvalue weighted by molar-refractivity contribution is -0.159. The molecule has 0 saturated carbocycles. The van der Waals surface area contributed by atoms with Crippen molar-refractivity contribution in [3.63, 3.8) is 0 Å². The van der Waals surface area contributed by atoms with Crippen LogP contribution in [0.15, 0.2) is 72.8 Å². The molecule has 0 aliphatic heterocycles. The average molecular weight is 551 g/mol. The number of carbonyl (C=O) groups is 5. The number of methoxy groups -OCH3 is 2. The molecule has 0 heterocycles. The molecular weight excluding hydrogens is 524 g/mol. The summed E-state index contributed by atoms with van der Waals surface area (Å²) in [7, 11) is 2.74. The molecule has 3 rings (SSSR count). The number of aryl methyl sites for hydroxylation is 1. The van der Waals surface area contributed by atoms with E-state index in [0.29, 0.717) is 11.5 Å². The van der Waals surface area contributed by atoms with Gasteiger partial charge in [-0.15, -0.1) is 0 Å². The molecule has 12 nitrogen and oxygen atoms in total. The first-order valence-corrected chi connectivity index (χ1v) is 11.7. The highest BCUT2D eigenvalue weighted by molar-refractivity contribution is 5.99. The summed E-state index contributed by atoms with van der Waals surface area (Å²) < 4.78 is 20.4. The Balaban J connectivity index is 1.87. The van der Waals surface area contributed by atoms with Crippen molar-refractivity contribution < 1.29 is 48.0 Å². The number of aliphatic carboxylic acids is 1. The fraction of sp³-hybridized carbons (Fsp3) is 0.179. The molecule has 3 aromatic carbocycles. The molecule has 0 spiro atoms. The van der Waals surface area contributed by atoms with Gasteiger partial charge in [0, 0.05) is 5.56 Å². The average Bonchev–Trinajstić information content (AvgIpc) is 2.97. The Morgan fingerprint density at radius 3 is 1.65 bits per heavy atom. The van der Waals surface area contributed by atoms with Gasteiger partial charge in [-0.05, 0) is 55.5 Å². The molecule has 0 aromatic heterocycles. The van der Waals surface area contributed by atoms with Crippen molar-refractivity contribution in [2.45, 2.75) is 19.1 Å². The number of carboxylic acids is 1. The van der Waals surface area contributed by atoms with Crippen molar-refractivity contribution in [3.05, 3.63) is 95.1 Å². The van der Waals surface area contributed by atoms with Crippen molar-refractivity contribution in [3.8, 4) is 11.5 Å². The van der Waals surface area contributed by atoms with Gasteiger partial charge >= 0.3 is 17.9 Å². The number of ether oxygens (including phenoxy) is 4. The van der Waals surface area contributed by atoms with Gasteiger partial charge in [-0.1, -0.05) is 29.8 Å². The number of carbonyl (C=O) groups excluding carboxylic acids is 4. The maximum atomic E-state index is 13.1. The highest BCUT2D eigenvalue weighted by Crippen LogP contribution is 2.18. The van der Waals surface area contributed by atoms with Gasteiger partial charge in [-0.3, -0.25) is 20.4 Å². The summed E-state index contributed by atoms with van der Waals surface area (Å²) in [5, 5.41) is 9.86. The minimum atomic E-state index is -2.30. The van der Waals surface area contributed by atoms with Crippen LogP contribution in [0.25, 0.3) is 0 Å². The second-order valence-electron chi connectivity index (χ2n) is 8.26. The van der Waals surface area contributed by atoms with E-state index < -0.39 is 41.9 Å². The summed E-state index contributed by atoms with van der Waals surface area (Å²) >= 11 is 0. The van der Waals surface area contributed by atoms with Crippen molar-refractivity contribution >= 4 is 29.7 Å². The van der Waals surface area contributed by atoms with E-state index in [2.05, 4.69) is 5.43 Å². The highest BCUT2D eigenvalue weighted by atomic mass is 16.6. The normalized spacial score (nSPS) is 11.8. The van der Waals surface area contributed by atoms with Gasteiger partial charge in [-0.25, -0.2) is 14.4 Å². The lowest BCUT2D eigenvalue weighted by Gasteiger charge is -2.23. The Bertz CT molecular complexity index is 1400. The van der Waals surface area contributed by atoms with Crippen molar-refractivity contribution in [1.82, 2.24) is 10.9 Å². The molecule has 0 bridgehead atoms. The van der Waals surface area contributed by atoms with Crippen LogP contribution in [0.1, 0.15) is 36.6 Å². The lowest BCUT2D eigenvalue weighted by Crippen LogP contribution is -2.54. The topological polar surface area (TPSA) is 167 Å². The first-order valence-electron chi connectivity index (χ1n) is 11.7. The summed E-state index contributed by atoms with van der Waals surface area (Å²) in [6, 6.07) is 17.7. The van der Waals surface area contributed by atoms with E-state index in [1.165, 1.54) is 62.8 Å². The quantitative estimate of drug-likeness (QED) is 0.252. The van der Waals surface area contributed by atoms with Crippen LogP contribution in [-0.2, 0) is 19.1 Å². The Labute approximate surface area is 228 Å². The summed E-state index contributed by atoms with van der Waals surface area (Å²) in [6.45, 7) is 1.82. The zero-order chi connectivity index (χ0) is 29.2. The Morgan fingerprint density at radius 1 is 0.675 bits per heavy atom. The first kappa shape index (κ1) is 29.2. The Hall–Kier alpha value is -5.39. The van der Waals surface area contributed by atoms with Crippen LogP contribution in [0.4, 0.5) is 0 Å². The van der Waals surface area contributed by atoms with E-state index in [9.17, 15) is 29.1 Å². The number of hydrogen-bond acceptors (Lipinski definition) is 9. The molecule has 0 fully saturated rings. The van der Waals surface area contributed by atoms with Crippen LogP contribution in [0, 0.1) is 6.92 Å². The van der Waals surface area contributed by atoms with Gasteiger partial charge in [0.2, 0.25) is 12.2 Å². The number of hydrazine groups is 1. The van der Waals surface area contributed by atoms with Gasteiger partial charge in [0.1, 0.15) is 11.5 Å². The third kappa shape index (κ3) is 7.57. The predicted molar refractivity (Wildman–Crippen MR) is 139 cm³/mol. The predicted octanol–water partition coefficient (Wildman–Crippen LogP) is 2.31. The number of carboxylic acid groups (broad SMARTS) is 1. The second kappa shape index (κ2) is 13.4. The fourth-order valence-corrected chi connectivity index (χ4v) is 3.33. The Morgan fingerprint density at radius 2 is 1.18 bits per heavy atom. The van der Waals surface area contributed by atoms with E-state index in [1.807, 2.05) is 12.3 Å². The third-order valence-corrected chi connectivity index (χ3v) is 5.47. The SMILES string of the molecule is COc1cccc(C(=O)O[C@H](C(=O)O)[C@@H](OC(=O)c2cccc(OC)c2)C(=O)NNC(=O)c2ccc(C)cc2)c1. The Kier molecular flexibility index (Phi) is 9.79.